The number of hydrogen-bond acceptors (Lipinski definition) is 5. The SMILES string of the molecule is Cc1ccc(NS(=O)(=O)c2ccc(OCC(=O)NC3CCN(C)CC3)cc2)cc1. The minimum Gasteiger partial charge on any atom is -0.484 e. The zero-order valence-electron chi connectivity index (χ0n) is 16.7. The Bertz CT molecular complexity index is 919. The smallest absolute Gasteiger partial charge is 0.261 e. The average molecular weight is 418 g/mol. The molecule has 1 saturated heterocycles. The van der Waals surface area contributed by atoms with Crippen LogP contribution in [0.15, 0.2) is 53.4 Å². The van der Waals surface area contributed by atoms with Crippen LogP contribution in [-0.4, -0.2) is 52.0 Å². The molecule has 0 radical (unpaired) electrons. The van der Waals surface area contributed by atoms with Gasteiger partial charge in [0.1, 0.15) is 5.75 Å². The van der Waals surface area contributed by atoms with Gasteiger partial charge in [0.15, 0.2) is 6.61 Å². The van der Waals surface area contributed by atoms with Crippen molar-refractivity contribution in [3.63, 3.8) is 0 Å². The minimum atomic E-state index is -3.69. The van der Waals surface area contributed by atoms with Crippen LogP contribution in [-0.2, 0) is 14.8 Å². The summed E-state index contributed by atoms with van der Waals surface area (Å²) in [7, 11) is -1.62. The number of hydrogen-bond donors (Lipinski definition) is 2. The van der Waals surface area contributed by atoms with E-state index in [0.29, 0.717) is 11.4 Å². The van der Waals surface area contributed by atoms with E-state index in [0.717, 1.165) is 31.5 Å². The molecule has 0 aromatic heterocycles. The fraction of sp³-hybridized carbons (Fsp3) is 0.381. The number of nitrogens with one attached hydrogen (secondary N) is 2. The third kappa shape index (κ3) is 6.20. The van der Waals surface area contributed by atoms with Crippen LogP contribution < -0.4 is 14.8 Å². The summed E-state index contributed by atoms with van der Waals surface area (Å²) in [6.45, 7) is 3.78. The lowest BCUT2D eigenvalue weighted by atomic mass is 10.1. The summed E-state index contributed by atoms with van der Waals surface area (Å²) >= 11 is 0. The van der Waals surface area contributed by atoms with Gasteiger partial charge in [0, 0.05) is 11.7 Å². The highest BCUT2D eigenvalue weighted by molar-refractivity contribution is 7.92. The second kappa shape index (κ2) is 9.28. The van der Waals surface area contributed by atoms with E-state index < -0.39 is 10.0 Å². The molecule has 7 nitrogen and oxygen atoms in total. The van der Waals surface area contributed by atoms with Gasteiger partial charge in [-0.05, 0) is 76.3 Å². The Balaban J connectivity index is 1.51. The molecule has 0 bridgehead atoms. The van der Waals surface area contributed by atoms with Crippen LogP contribution in [0.1, 0.15) is 18.4 Å². The average Bonchev–Trinajstić information content (AvgIpc) is 2.70. The first-order valence-corrected chi connectivity index (χ1v) is 11.1. The molecule has 0 atom stereocenters. The molecule has 1 aliphatic heterocycles. The number of aryl methyl sites for hydroxylation is 1. The van der Waals surface area contributed by atoms with Gasteiger partial charge in [0.25, 0.3) is 15.9 Å². The highest BCUT2D eigenvalue weighted by atomic mass is 32.2. The quantitative estimate of drug-likeness (QED) is 0.722. The molecule has 1 aliphatic rings. The molecule has 2 N–H and O–H groups in total. The summed E-state index contributed by atoms with van der Waals surface area (Å²) in [5.74, 6) is 0.273. The van der Waals surface area contributed by atoms with E-state index in [9.17, 15) is 13.2 Å². The van der Waals surface area contributed by atoms with Gasteiger partial charge in [-0.3, -0.25) is 9.52 Å². The highest BCUT2D eigenvalue weighted by Crippen LogP contribution is 2.19. The van der Waals surface area contributed by atoms with E-state index in [4.69, 9.17) is 4.74 Å². The van der Waals surface area contributed by atoms with Gasteiger partial charge in [0.2, 0.25) is 0 Å². The van der Waals surface area contributed by atoms with Crippen LogP contribution in [0, 0.1) is 6.92 Å². The van der Waals surface area contributed by atoms with Crippen molar-refractivity contribution in [2.45, 2.75) is 30.7 Å². The van der Waals surface area contributed by atoms with Gasteiger partial charge >= 0.3 is 0 Å². The molecule has 29 heavy (non-hydrogen) atoms. The molecular formula is C21H27N3O4S. The molecule has 2 aromatic carbocycles. The summed E-state index contributed by atoms with van der Waals surface area (Å²) in [4.78, 5) is 14.4. The zero-order chi connectivity index (χ0) is 20.9. The Morgan fingerprint density at radius 1 is 1.07 bits per heavy atom. The minimum absolute atomic E-state index is 0.0972. The van der Waals surface area contributed by atoms with Crippen molar-refractivity contribution in [2.75, 3.05) is 31.5 Å². The third-order valence-corrected chi connectivity index (χ3v) is 6.29. The number of likely N-dealkylation sites (tertiary alicyclic amines) is 1. The molecule has 8 heteroatoms. The number of ether oxygens (including phenoxy) is 1. The lowest BCUT2D eigenvalue weighted by Crippen LogP contribution is -2.44. The van der Waals surface area contributed by atoms with E-state index in [1.807, 2.05) is 19.1 Å². The molecular weight excluding hydrogens is 390 g/mol. The van der Waals surface area contributed by atoms with Gasteiger partial charge in [-0.2, -0.15) is 0 Å². The second-order valence-corrected chi connectivity index (χ2v) is 9.06. The summed E-state index contributed by atoms with van der Waals surface area (Å²) in [6.07, 6.45) is 1.87. The fourth-order valence-corrected chi connectivity index (χ4v) is 4.18. The monoisotopic (exact) mass is 417 g/mol. The maximum absolute atomic E-state index is 12.5. The molecule has 1 fully saturated rings. The number of nitrogens with zero attached hydrogens (tertiary/aromatic N) is 1. The molecule has 1 amide bonds. The Morgan fingerprint density at radius 3 is 2.31 bits per heavy atom. The number of amides is 1. The zero-order valence-corrected chi connectivity index (χ0v) is 17.5. The number of benzene rings is 2. The van der Waals surface area contributed by atoms with E-state index in [1.54, 1.807) is 24.3 Å². The lowest BCUT2D eigenvalue weighted by Gasteiger charge is -2.29. The Labute approximate surface area is 172 Å². The summed E-state index contributed by atoms with van der Waals surface area (Å²) in [5.41, 5.74) is 1.55. The van der Waals surface area contributed by atoms with Crippen LogP contribution >= 0.6 is 0 Å². The first-order valence-electron chi connectivity index (χ1n) is 9.62. The number of carbonyl (C=O) groups excluding carboxylic acids is 1. The van der Waals surface area contributed by atoms with Gasteiger partial charge in [0.05, 0.1) is 4.90 Å². The van der Waals surface area contributed by atoms with Crippen molar-refractivity contribution in [1.82, 2.24) is 10.2 Å². The van der Waals surface area contributed by atoms with Crippen molar-refractivity contribution in [3.05, 3.63) is 54.1 Å². The van der Waals surface area contributed by atoms with Gasteiger partial charge in [-0.15, -0.1) is 0 Å². The Morgan fingerprint density at radius 2 is 1.69 bits per heavy atom. The number of piperidine rings is 1. The topological polar surface area (TPSA) is 87.7 Å². The van der Waals surface area contributed by atoms with Crippen molar-refractivity contribution in [3.8, 4) is 5.75 Å². The molecule has 0 saturated carbocycles. The van der Waals surface area contributed by atoms with Crippen molar-refractivity contribution in [1.29, 1.82) is 0 Å². The van der Waals surface area contributed by atoms with Crippen molar-refractivity contribution < 1.29 is 17.9 Å². The second-order valence-electron chi connectivity index (χ2n) is 7.38. The third-order valence-electron chi connectivity index (χ3n) is 4.89. The van der Waals surface area contributed by atoms with Crippen LogP contribution in [0.25, 0.3) is 0 Å². The van der Waals surface area contributed by atoms with E-state index in [1.165, 1.54) is 12.1 Å². The van der Waals surface area contributed by atoms with Gasteiger partial charge in [-0.25, -0.2) is 8.42 Å². The summed E-state index contributed by atoms with van der Waals surface area (Å²) in [5, 5.41) is 2.98. The Kier molecular flexibility index (Phi) is 6.76. The van der Waals surface area contributed by atoms with E-state index in [-0.39, 0.29) is 23.5 Å². The number of anilines is 1. The number of carbonyl (C=O) groups is 1. The molecule has 0 spiro atoms. The predicted molar refractivity (Wildman–Crippen MR) is 113 cm³/mol. The van der Waals surface area contributed by atoms with Crippen molar-refractivity contribution in [2.24, 2.45) is 0 Å². The summed E-state index contributed by atoms with van der Waals surface area (Å²) < 4.78 is 33.0. The molecule has 1 heterocycles. The predicted octanol–water partition coefficient (Wildman–Crippen LogP) is 2.39. The van der Waals surface area contributed by atoms with Crippen molar-refractivity contribution >= 4 is 21.6 Å². The van der Waals surface area contributed by atoms with E-state index in [2.05, 4.69) is 22.0 Å². The Hall–Kier alpha value is -2.58. The number of rotatable bonds is 7. The standard InChI is InChI=1S/C21H27N3O4S/c1-16-3-5-18(6-4-16)23-29(26,27)20-9-7-19(8-10-20)28-15-21(25)22-17-11-13-24(2)14-12-17/h3-10,17,23H,11-15H2,1-2H3,(H,22,25). The van der Waals surface area contributed by atoms with Gasteiger partial charge < -0.3 is 15.0 Å². The van der Waals surface area contributed by atoms with Crippen LogP contribution in [0.2, 0.25) is 0 Å². The first kappa shape index (κ1) is 21.1. The van der Waals surface area contributed by atoms with Crippen LogP contribution in [0.3, 0.4) is 0 Å². The fourth-order valence-electron chi connectivity index (χ4n) is 3.12. The highest BCUT2D eigenvalue weighted by Gasteiger charge is 2.19. The molecule has 156 valence electrons. The first-order chi connectivity index (χ1) is 13.8. The summed E-state index contributed by atoms with van der Waals surface area (Å²) in [6, 6.07) is 13.3. The van der Waals surface area contributed by atoms with Crippen LogP contribution in [0.5, 0.6) is 5.75 Å². The molecule has 0 unspecified atom stereocenters. The van der Waals surface area contributed by atoms with Gasteiger partial charge in [-0.1, -0.05) is 17.7 Å². The van der Waals surface area contributed by atoms with E-state index >= 15 is 0 Å². The largest absolute Gasteiger partial charge is 0.484 e. The molecule has 2 aromatic rings. The lowest BCUT2D eigenvalue weighted by molar-refractivity contribution is -0.124. The van der Waals surface area contributed by atoms with Crippen LogP contribution in [0.4, 0.5) is 5.69 Å². The normalized spacial score (nSPS) is 15.7. The maximum Gasteiger partial charge on any atom is 0.261 e. The number of sulfonamides is 1. The maximum atomic E-state index is 12.5. The molecule has 3 rings (SSSR count). The molecule has 0 aliphatic carbocycles.